The molecular weight excluding hydrogens is 223 g/mol. The van der Waals surface area contributed by atoms with Crippen molar-refractivity contribution in [1.29, 1.82) is 0 Å². The normalized spacial score (nSPS) is 10.1. The first kappa shape index (κ1) is 9.30. The monoisotopic (exact) mass is 226 g/mol. The Bertz CT molecular complexity index is 417. The van der Waals surface area contributed by atoms with Crippen molar-refractivity contribution >= 4 is 23.2 Å². The van der Waals surface area contributed by atoms with E-state index in [1.54, 1.807) is 12.4 Å². The number of aromatic nitrogens is 4. The minimum Gasteiger partial charge on any atom is -0.259 e. The Labute approximate surface area is 90.0 Å². The molecule has 0 radical (unpaired) electrons. The molecule has 2 heterocycles. The fraction of sp³-hybridized carbons (Fsp3) is 0. The van der Waals surface area contributed by atoms with Gasteiger partial charge in [-0.3, -0.25) is 9.97 Å². The van der Waals surface area contributed by atoms with Gasteiger partial charge in [0.1, 0.15) is 21.7 Å². The zero-order valence-electron chi connectivity index (χ0n) is 6.85. The number of rotatable bonds is 1. The third kappa shape index (κ3) is 1.97. The van der Waals surface area contributed by atoms with E-state index in [0.717, 1.165) is 0 Å². The molecule has 0 saturated heterocycles. The highest BCUT2D eigenvalue weighted by molar-refractivity contribution is 6.29. The van der Waals surface area contributed by atoms with Crippen molar-refractivity contribution in [2.24, 2.45) is 0 Å². The average Bonchev–Trinajstić information content (AvgIpc) is 2.18. The molecule has 2 aromatic heterocycles. The molecule has 0 atom stereocenters. The van der Waals surface area contributed by atoms with Gasteiger partial charge in [-0.2, -0.15) is 0 Å². The maximum absolute atomic E-state index is 5.68. The molecule has 14 heavy (non-hydrogen) atoms. The molecule has 0 amide bonds. The van der Waals surface area contributed by atoms with Crippen LogP contribution in [0.5, 0.6) is 0 Å². The van der Waals surface area contributed by atoms with Gasteiger partial charge < -0.3 is 0 Å². The first-order valence-electron chi connectivity index (χ1n) is 3.71. The summed E-state index contributed by atoms with van der Waals surface area (Å²) in [6.45, 7) is 0. The molecule has 0 saturated carbocycles. The first-order chi connectivity index (χ1) is 6.75. The van der Waals surface area contributed by atoms with Crippen LogP contribution in [0.4, 0.5) is 0 Å². The summed E-state index contributed by atoms with van der Waals surface area (Å²) in [6, 6.07) is 0. The third-order valence-corrected chi connectivity index (χ3v) is 1.84. The molecule has 6 heteroatoms. The van der Waals surface area contributed by atoms with Crippen molar-refractivity contribution in [2.45, 2.75) is 0 Å². The lowest BCUT2D eigenvalue weighted by Gasteiger charge is -1.98. The molecule has 2 rings (SSSR count). The number of hydrogen-bond donors (Lipinski definition) is 0. The Morgan fingerprint density at radius 2 is 1.14 bits per heavy atom. The van der Waals surface area contributed by atoms with Crippen molar-refractivity contribution in [2.75, 3.05) is 0 Å². The lowest BCUT2D eigenvalue weighted by atomic mass is 10.3. The summed E-state index contributed by atoms with van der Waals surface area (Å²) in [6.07, 6.45) is 5.99. The van der Waals surface area contributed by atoms with Gasteiger partial charge in [0.15, 0.2) is 0 Å². The van der Waals surface area contributed by atoms with Gasteiger partial charge in [0.05, 0.1) is 24.8 Å². The van der Waals surface area contributed by atoms with E-state index >= 15 is 0 Å². The highest BCUT2D eigenvalue weighted by atomic mass is 35.5. The van der Waals surface area contributed by atoms with Crippen LogP contribution in [-0.4, -0.2) is 19.9 Å². The van der Waals surface area contributed by atoms with Crippen LogP contribution >= 0.6 is 23.2 Å². The lowest BCUT2D eigenvalue weighted by molar-refractivity contribution is 1.14. The second-order valence-electron chi connectivity index (χ2n) is 2.45. The highest BCUT2D eigenvalue weighted by Gasteiger charge is 2.03. The summed E-state index contributed by atoms with van der Waals surface area (Å²) in [5.41, 5.74) is 1.10. The van der Waals surface area contributed by atoms with Crippen molar-refractivity contribution < 1.29 is 0 Å². The minimum absolute atomic E-state index is 0.310. The summed E-state index contributed by atoms with van der Waals surface area (Å²) in [4.78, 5) is 15.8. The zero-order valence-corrected chi connectivity index (χ0v) is 8.37. The molecule has 0 fully saturated rings. The Morgan fingerprint density at radius 1 is 0.714 bits per heavy atom. The molecule has 0 aliphatic rings. The standard InChI is InChI=1S/C8H4Cl2N4/c9-7-3-11-1-5(13-7)6-2-12-4-8(10)14-6/h1-4H. The second-order valence-corrected chi connectivity index (χ2v) is 3.23. The Morgan fingerprint density at radius 3 is 1.50 bits per heavy atom. The molecule has 70 valence electrons. The third-order valence-electron chi connectivity index (χ3n) is 1.47. The summed E-state index contributed by atoms with van der Waals surface area (Å²) in [5, 5.41) is 0.619. The molecule has 0 N–H and O–H groups in total. The van der Waals surface area contributed by atoms with Crippen LogP contribution in [0.3, 0.4) is 0 Å². The van der Waals surface area contributed by atoms with Crippen LogP contribution in [-0.2, 0) is 0 Å². The Kier molecular flexibility index (Phi) is 2.56. The molecule has 0 aliphatic carbocycles. The van der Waals surface area contributed by atoms with Gasteiger partial charge in [-0.1, -0.05) is 23.2 Å². The fourth-order valence-corrected chi connectivity index (χ4v) is 1.23. The quantitative estimate of drug-likeness (QED) is 0.749. The van der Waals surface area contributed by atoms with E-state index in [2.05, 4.69) is 19.9 Å². The van der Waals surface area contributed by atoms with E-state index in [4.69, 9.17) is 23.2 Å². The van der Waals surface area contributed by atoms with Crippen LogP contribution in [0.15, 0.2) is 24.8 Å². The number of hydrogen-bond acceptors (Lipinski definition) is 4. The molecule has 2 aromatic rings. The summed E-state index contributed by atoms with van der Waals surface area (Å²) >= 11 is 11.4. The van der Waals surface area contributed by atoms with Gasteiger partial charge in [-0.25, -0.2) is 9.97 Å². The summed E-state index contributed by atoms with van der Waals surface area (Å²) in [7, 11) is 0. The average molecular weight is 227 g/mol. The van der Waals surface area contributed by atoms with Crippen LogP contribution in [0, 0.1) is 0 Å². The highest BCUT2D eigenvalue weighted by Crippen LogP contribution is 2.15. The van der Waals surface area contributed by atoms with Gasteiger partial charge in [-0.05, 0) is 0 Å². The molecule has 0 aliphatic heterocycles. The van der Waals surface area contributed by atoms with Gasteiger partial charge in [-0.15, -0.1) is 0 Å². The van der Waals surface area contributed by atoms with Crippen molar-refractivity contribution in [1.82, 2.24) is 19.9 Å². The fourth-order valence-electron chi connectivity index (χ4n) is 0.931. The largest absolute Gasteiger partial charge is 0.259 e. The molecule has 0 unspecified atom stereocenters. The molecule has 0 spiro atoms. The van der Waals surface area contributed by atoms with E-state index in [0.29, 0.717) is 21.7 Å². The smallest absolute Gasteiger partial charge is 0.148 e. The molecule has 4 nitrogen and oxygen atoms in total. The number of nitrogens with zero attached hydrogens (tertiary/aromatic N) is 4. The van der Waals surface area contributed by atoms with Gasteiger partial charge in [0.25, 0.3) is 0 Å². The predicted molar refractivity (Wildman–Crippen MR) is 53.1 cm³/mol. The summed E-state index contributed by atoms with van der Waals surface area (Å²) < 4.78 is 0. The zero-order chi connectivity index (χ0) is 9.97. The Balaban J connectivity index is 2.49. The topological polar surface area (TPSA) is 51.6 Å². The second kappa shape index (κ2) is 3.86. The summed E-state index contributed by atoms with van der Waals surface area (Å²) in [5.74, 6) is 0. The molecular formula is C8H4Cl2N4. The first-order valence-corrected chi connectivity index (χ1v) is 4.47. The lowest BCUT2D eigenvalue weighted by Crippen LogP contribution is -1.90. The number of halogens is 2. The van der Waals surface area contributed by atoms with Crippen LogP contribution < -0.4 is 0 Å². The minimum atomic E-state index is 0.310. The van der Waals surface area contributed by atoms with Crippen LogP contribution in [0.25, 0.3) is 11.4 Å². The van der Waals surface area contributed by atoms with E-state index in [1.807, 2.05) is 0 Å². The van der Waals surface area contributed by atoms with Gasteiger partial charge in [0.2, 0.25) is 0 Å². The maximum Gasteiger partial charge on any atom is 0.148 e. The van der Waals surface area contributed by atoms with E-state index < -0.39 is 0 Å². The van der Waals surface area contributed by atoms with Gasteiger partial charge >= 0.3 is 0 Å². The molecule has 0 aromatic carbocycles. The van der Waals surface area contributed by atoms with Crippen molar-refractivity contribution in [3.05, 3.63) is 35.1 Å². The Hall–Kier alpha value is -1.26. The van der Waals surface area contributed by atoms with E-state index in [-0.39, 0.29) is 0 Å². The predicted octanol–water partition coefficient (Wildman–Crippen LogP) is 2.24. The van der Waals surface area contributed by atoms with Crippen LogP contribution in [0.2, 0.25) is 10.3 Å². The maximum atomic E-state index is 5.68. The van der Waals surface area contributed by atoms with Crippen molar-refractivity contribution in [3.63, 3.8) is 0 Å². The van der Waals surface area contributed by atoms with E-state index in [1.165, 1.54) is 12.4 Å². The molecule has 0 bridgehead atoms. The van der Waals surface area contributed by atoms with Crippen molar-refractivity contribution in [3.8, 4) is 11.4 Å². The van der Waals surface area contributed by atoms with Gasteiger partial charge in [0, 0.05) is 0 Å². The SMILES string of the molecule is Clc1cncc(-c2cncc(Cl)n2)n1. The van der Waals surface area contributed by atoms with E-state index in [9.17, 15) is 0 Å². The van der Waals surface area contributed by atoms with Crippen LogP contribution in [0.1, 0.15) is 0 Å².